The van der Waals surface area contributed by atoms with E-state index in [9.17, 15) is 28.4 Å². The van der Waals surface area contributed by atoms with Crippen LogP contribution >= 0.6 is 11.6 Å². The van der Waals surface area contributed by atoms with Gasteiger partial charge in [-0.15, -0.1) is 0 Å². The number of benzene rings is 3. The van der Waals surface area contributed by atoms with Crippen LogP contribution in [-0.4, -0.2) is 30.5 Å². The van der Waals surface area contributed by atoms with Gasteiger partial charge in [-0.1, -0.05) is 61.0 Å². The molecule has 3 aromatic carbocycles. The highest BCUT2D eigenvalue weighted by Crippen LogP contribution is 2.31. The average Bonchev–Trinajstić information content (AvgIpc) is 2.83. The van der Waals surface area contributed by atoms with Gasteiger partial charge in [0.1, 0.15) is 6.10 Å². The normalized spacial score (nSPS) is 14.1. The minimum atomic E-state index is -4.42. The fraction of sp³-hybridized carbons (Fsp3) is 0.174. The summed E-state index contributed by atoms with van der Waals surface area (Å²) in [4.78, 5) is 22.7. The summed E-state index contributed by atoms with van der Waals surface area (Å²) in [7, 11) is -4.42. The average molecular weight is 504 g/mol. The van der Waals surface area contributed by atoms with Crippen LogP contribution in [0.5, 0.6) is 0 Å². The molecule has 0 fully saturated rings. The molecule has 0 bridgehead atoms. The molecule has 3 aromatic rings. The zero-order valence-electron chi connectivity index (χ0n) is 18.0. The van der Waals surface area contributed by atoms with Crippen LogP contribution in [0.2, 0.25) is 5.02 Å². The van der Waals surface area contributed by atoms with Crippen LogP contribution in [0.4, 0.5) is 11.4 Å². The summed E-state index contributed by atoms with van der Waals surface area (Å²) in [5.74, 6) is -1.70. The largest absolute Gasteiger partial charge is 0.383 e. The van der Waals surface area contributed by atoms with E-state index in [-0.39, 0.29) is 0 Å². The Morgan fingerprint density at radius 2 is 1.59 bits per heavy atom. The maximum atomic E-state index is 13.2. The van der Waals surface area contributed by atoms with Gasteiger partial charge < -0.3 is 10.4 Å². The summed E-state index contributed by atoms with van der Waals surface area (Å²) < 4.78 is 28.8. The molecule has 0 aliphatic carbocycles. The Morgan fingerprint density at radius 1 is 1.00 bits per heavy atom. The molecule has 0 radical (unpaired) electrons. The Kier molecular flexibility index (Phi) is 8.00. The van der Waals surface area contributed by atoms with Crippen molar-refractivity contribution in [3.05, 3.63) is 99.6 Å². The molecule has 34 heavy (non-hydrogen) atoms. The van der Waals surface area contributed by atoms with Gasteiger partial charge in [0.2, 0.25) is 10.0 Å². The molecule has 3 N–H and O–H groups in total. The molecular formula is C23H22ClN3O6S. The van der Waals surface area contributed by atoms with Crippen molar-refractivity contribution in [1.29, 1.82) is 0 Å². The molecule has 3 rings (SSSR count). The summed E-state index contributed by atoms with van der Waals surface area (Å²) in [6.07, 6.45) is -1.62. The minimum absolute atomic E-state index is 0.402. The molecule has 0 spiro atoms. The number of nitro groups is 1. The molecule has 9 nitrogen and oxygen atoms in total. The van der Waals surface area contributed by atoms with Crippen LogP contribution < -0.4 is 10.0 Å². The van der Waals surface area contributed by atoms with E-state index >= 15 is 0 Å². The van der Waals surface area contributed by atoms with E-state index < -0.39 is 49.5 Å². The number of para-hydroxylation sites is 2. The zero-order chi connectivity index (χ0) is 24.9. The van der Waals surface area contributed by atoms with Crippen molar-refractivity contribution in [3.8, 4) is 0 Å². The van der Waals surface area contributed by atoms with Crippen LogP contribution in [0.15, 0.2) is 83.8 Å². The number of aliphatic hydroxyl groups excluding tert-OH is 1. The number of amides is 1. The van der Waals surface area contributed by atoms with Crippen LogP contribution in [0.3, 0.4) is 0 Å². The highest BCUT2D eigenvalue weighted by atomic mass is 35.5. The molecule has 0 aromatic heterocycles. The van der Waals surface area contributed by atoms with E-state index in [0.717, 1.165) is 12.1 Å². The van der Waals surface area contributed by atoms with Gasteiger partial charge in [-0.25, -0.2) is 13.1 Å². The number of anilines is 1. The Hall–Kier alpha value is -3.31. The van der Waals surface area contributed by atoms with E-state index in [2.05, 4.69) is 10.0 Å². The topological polar surface area (TPSA) is 139 Å². The number of carbonyl (C=O) groups is 1. The Labute approximate surface area is 201 Å². The lowest BCUT2D eigenvalue weighted by Crippen LogP contribution is -2.42. The molecule has 0 aliphatic heterocycles. The predicted molar refractivity (Wildman–Crippen MR) is 128 cm³/mol. The maximum absolute atomic E-state index is 13.2. The molecule has 0 saturated carbocycles. The van der Waals surface area contributed by atoms with Crippen LogP contribution in [0, 0.1) is 16.0 Å². The van der Waals surface area contributed by atoms with Gasteiger partial charge in [-0.2, -0.15) is 0 Å². The smallest absolute Gasteiger partial charge is 0.289 e. The summed E-state index contributed by atoms with van der Waals surface area (Å²) in [6.45, 7) is 1.50. The summed E-state index contributed by atoms with van der Waals surface area (Å²) >= 11 is 5.96. The SMILES string of the molecule is C[C@H]([C@H](O)C(=O)Nc1ccccc1)[C@@H](NS(=O)(=O)c1ccccc1[N+](=O)[O-])c1ccc(Cl)cc1. The third-order valence-electron chi connectivity index (χ3n) is 5.20. The van der Waals surface area contributed by atoms with Gasteiger partial charge in [0.05, 0.1) is 11.0 Å². The van der Waals surface area contributed by atoms with Crippen molar-refractivity contribution in [2.75, 3.05) is 5.32 Å². The number of halogens is 1. The maximum Gasteiger partial charge on any atom is 0.289 e. The number of rotatable bonds is 9. The molecule has 0 unspecified atom stereocenters. The fourth-order valence-electron chi connectivity index (χ4n) is 3.37. The van der Waals surface area contributed by atoms with Crippen molar-refractivity contribution in [2.45, 2.75) is 24.0 Å². The highest BCUT2D eigenvalue weighted by molar-refractivity contribution is 7.89. The van der Waals surface area contributed by atoms with Crippen molar-refractivity contribution >= 4 is 38.9 Å². The van der Waals surface area contributed by atoms with Gasteiger partial charge in [-0.3, -0.25) is 14.9 Å². The number of sulfonamides is 1. The molecule has 3 atom stereocenters. The van der Waals surface area contributed by atoms with Crippen molar-refractivity contribution in [2.24, 2.45) is 5.92 Å². The first-order valence-corrected chi connectivity index (χ1v) is 12.0. The number of nitrogens with zero attached hydrogens (tertiary/aromatic N) is 1. The molecule has 1 amide bonds. The van der Waals surface area contributed by atoms with E-state index in [1.807, 2.05) is 0 Å². The third-order valence-corrected chi connectivity index (χ3v) is 6.94. The first-order chi connectivity index (χ1) is 16.1. The molecule has 178 valence electrons. The van der Waals surface area contributed by atoms with Gasteiger partial charge in [0.25, 0.3) is 11.6 Å². The number of hydrogen-bond acceptors (Lipinski definition) is 6. The quantitative estimate of drug-likeness (QED) is 0.299. The van der Waals surface area contributed by atoms with Gasteiger partial charge >= 0.3 is 0 Å². The molecular weight excluding hydrogens is 482 g/mol. The van der Waals surface area contributed by atoms with Crippen LogP contribution in [0.1, 0.15) is 18.5 Å². The van der Waals surface area contributed by atoms with Crippen LogP contribution in [0.25, 0.3) is 0 Å². The van der Waals surface area contributed by atoms with Gasteiger partial charge in [-0.05, 0) is 35.9 Å². The molecule has 0 saturated heterocycles. The lowest BCUT2D eigenvalue weighted by molar-refractivity contribution is -0.387. The highest BCUT2D eigenvalue weighted by Gasteiger charge is 2.35. The number of nitrogens with one attached hydrogen (secondary N) is 2. The second kappa shape index (κ2) is 10.7. The number of hydrogen-bond donors (Lipinski definition) is 3. The first kappa shape index (κ1) is 25.3. The lowest BCUT2D eigenvalue weighted by Gasteiger charge is -2.28. The number of carbonyl (C=O) groups excluding carboxylic acids is 1. The number of aliphatic hydroxyl groups is 1. The van der Waals surface area contributed by atoms with Gasteiger partial charge in [0, 0.05) is 22.7 Å². The van der Waals surface area contributed by atoms with E-state index in [1.165, 1.54) is 31.2 Å². The summed E-state index contributed by atoms with van der Waals surface area (Å²) in [5, 5.41) is 25.1. The van der Waals surface area contributed by atoms with Crippen molar-refractivity contribution < 1.29 is 23.2 Å². The summed E-state index contributed by atoms with van der Waals surface area (Å²) in [6, 6.07) is 18.4. The standard InChI is InChI=1S/C23H22ClN3O6S/c1-15(22(28)23(29)25-18-7-3-2-4-8-18)21(16-11-13-17(24)14-12-16)26-34(32,33)20-10-6-5-9-19(20)27(30)31/h2-15,21-22,26,28H,1H3,(H,25,29)/t15-,21+,22-/m0/s1. The Morgan fingerprint density at radius 3 is 2.21 bits per heavy atom. The second-order valence-electron chi connectivity index (χ2n) is 7.53. The molecule has 0 aliphatic rings. The lowest BCUT2D eigenvalue weighted by atomic mass is 9.90. The van der Waals surface area contributed by atoms with Gasteiger partial charge in [0.15, 0.2) is 4.90 Å². The zero-order valence-corrected chi connectivity index (χ0v) is 19.5. The van der Waals surface area contributed by atoms with Crippen molar-refractivity contribution in [3.63, 3.8) is 0 Å². The third kappa shape index (κ3) is 5.97. The molecule has 0 heterocycles. The predicted octanol–water partition coefficient (Wildman–Crippen LogP) is 3.90. The fourth-order valence-corrected chi connectivity index (χ4v) is 4.99. The number of nitro benzene ring substituents is 1. The first-order valence-electron chi connectivity index (χ1n) is 10.2. The monoisotopic (exact) mass is 503 g/mol. The van der Waals surface area contributed by atoms with E-state index in [0.29, 0.717) is 16.3 Å². The van der Waals surface area contributed by atoms with Crippen LogP contribution in [-0.2, 0) is 14.8 Å². The Bertz CT molecular complexity index is 1270. The van der Waals surface area contributed by atoms with E-state index in [1.54, 1.807) is 42.5 Å². The molecule has 11 heteroatoms. The Balaban J connectivity index is 1.95. The minimum Gasteiger partial charge on any atom is -0.383 e. The van der Waals surface area contributed by atoms with Crippen molar-refractivity contribution in [1.82, 2.24) is 4.72 Å². The second-order valence-corrected chi connectivity index (χ2v) is 9.65. The van der Waals surface area contributed by atoms with E-state index in [4.69, 9.17) is 11.6 Å². The summed E-state index contributed by atoms with van der Waals surface area (Å²) in [5.41, 5.74) is 0.271.